The van der Waals surface area contributed by atoms with Gasteiger partial charge >= 0.3 is 0 Å². The van der Waals surface area contributed by atoms with E-state index in [1.54, 1.807) is 6.07 Å². The largest absolute Gasteiger partial charge is 0.483 e. The summed E-state index contributed by atoms with van der Waals surface area (Å²) in [6, 6.07) is 4.11. The molecule has 0 unspecified atom stereocenters. The Balaban J connectivity index is 1.93. The van der Waals surface area contributed by atoms with Gasteiger partial charge in [0.25, 0.3) is 5.91 Å². The molecule has 2 rings (SSSR count). The summed E-state index contributed by atoms with van der Waals surface area (Å²) in [7, 11) is 0. The summed E-state index contributed by atoms with van der Waals surface area (Å²) in [6.45, 7) is 3.95. The number of ether oxygens (including phenoxy) is 1. The number of nitrogens with two attached hydrogens (primary N) is 1. The summed E-state index contributed by atoms with van der Waals surface area (Å²) in [4.78, 5) is 11.5. The SMILES string of the molecule is Cc1cc(C)c(OCC(=O)NC2CC2)cc1N. The molecule has 0 atom stereocenters. The van der Waals surface area contributed by atoms with Crippen LogP contribution in [-0.4, -0.2) is 18.6 Å². The third kappa shape index (κ3) is 3.12. The van der Waals surface area contributed by atoms with Crippen molar-refractivity contribution < 1.29 is 9.53 Å². The molecule has 17 heavy (non-hydrogen) atoms. The molecule has 1 saturated carbocycles. The van der Waals surface area contributed by atoms with Gasteiger partial charge in [-0.05, 0) is 37.8 Å². The molecular formula is C13H18N2O2. The maximum atomic E-state index is 11.5. The first kappa shape index (κ1) is 11.8. The lowest BCUT2D eigenvalue weighted by Crippen LogP contribution is -2.30. The lowest BCUT2D eigenvalue weighted by atomic mass is 10.1. The van der Waals surface area contributed by atoms with E-state index >= 15 is 0 Å². The molecule has 4 nitrogen and oxygen atoms in total. The molecule has 92 valence electrons. The van der Waals surface area contributed by atoms with Crippen LogP contribution in [0, 0.1) is 13.8 Å². The van der Waals surface area contributed by atoms with Gasteiger partial charge in [0.1, 0.15) is 5.75 Å². The van der Waals surface area contributed by atoms with Crippen molar-refractivity contribution in [1.29, 1.82) is 0 Å². The molecule has 1 fully saturated rings. The summed E-state index contributed by atoms with van der Waals surface area (Å²) in [5, 5.41) is 2.87. The zero-order chi connectivity index (χ0) is 12.4. The van der Waals surface area contributed by atoms with E-state index in [2.05, 4.69) is 5.32 Å². The Morgan fingerprint density at radius 1 is 1.41 bits per heavy atom. The summed E-state index contributed by atoms with van der Waals surface area (Å²) >= 11 is 0. The fraction of sp³-hybridized carbons (Fsp3) is 0.462. The molecule has 1 aromatic carbocycles. The second-order valence-electron chi connectivity index (χ2n) is 4.60. The van der Waals surface area contributed by atoms with E-state index in [1.165, 1.54) is 0 Å². The summed E-state index contributed by atoms with van der Waals surface area (Å²) < 4.78 is 5.47. The van der Waals surface area contributed by atoms with Gasteiger partial charge in [-0.2, -0.15) is 0 Å². The second-order valence-corrected chi connectivity index (χ2v) is 4.60. The molecule has 3 N–H and O–H groups in total. The second kappa shape index (κ2) is 4.65. The van der Waals surface area contributed by atoms with Crippen LogP contribution in [0.5, 0.6) is 5.75 Å². The molecule has 4 heteroatoms. The average molecular weight is 234 g/mol. The fourth-order valence-corrected chi connectivity index (χ4v) is 1.64. The number of benzene rings is 1. The minimum Gasteiger partial charge on any atom is -0.483 e. The molecule has 0 bridgehead atoms. The van der Waals surface area contributed by atoms with E-state index in [0.29, 0.717) is 17.5 Å². The van der Waals surface area contributed by atoms with Crippen LogP contribution < -0.4 is 15.8 Å². The molecule has 1 aliphatic rings. The lowest BCUT2D eigenvalue weighted by molar-refractivity contribution is -0.123. The van der Waals surface area contributed by atoms with Crippen LogP contribution in [-0.2, 0) is 4.79 Å². The van der Waals surface area contributed by atoms with Crippen molar-refractivity contribution in [3.05, 3.63) is 23.3 Å². The van der Waals surface area contributed by atoms with E-state index in [9.17, 15) is 4.79 Å². The van der Waals surface area contributed by atoms with Crippen molar-refractivity contribution >= 4 is 11.6 Å². The van der Waals surface area contributed by atoms with Crippen molar-refractivity contribution in [2.45, 2.75) is 32.7 Å². The van der Waals surface area contributed by atoms with Crippen LogP contribution in [0.4, 0.5) is 5.69 Å². The first-order valence-electron chi connectivity index (χ1n) is 5.85. The van der Waals surface area contributed by atoms with Crippen molar-refractivity contribution in [2.75, 3.05) is 12.3 Å². The van der Waals surface area contributed by atoms with Crippen LogP contribution in [0.25, 0.3) is 0 Å². The molecule has 1 amide bonds. The highest BCUT2D eigenvalue weighted by molar-refractivity contribution is 5.78. The van der Waals surface area contributed by atoms with E-state index < -0.39 is 0 Å². The molecule has 0 aromatic heterocycles. The van der Waals surface area contributed by atoms with Crippen LogP contribution in [0.15, 0.2) is 12.1 Å². The Bertz CT molecular complexity index is 439. The van der Waals surface area contributed by atoms with Crippen LogP contribution in [0.1, 0.15) is 24.0 Å². The topological polar surface area (TPSA) is 64.3 Å². The highest BCUT2D eigenvalue weighted by Gasteiger charge is 2.23. The van der Waals surface area contributed by atoms with Gasteiger partial charge in [-0.1, -0.05) is 6.07 Å². The van der Waals surface area contributed by atoms with E-state index in [-0.39, 0.29) is 12.5 Å². The molecule has 0 aliphatic heterocycles. The molecule has 1 aliphatic carbocycles. The number of anilines is 1. The van der Waals surface area contributed by atoms with Gasteiger partial charge < -0.3 is 15.8 Å². The molecule has 0 saturated heterocycles. The van der Waals surface area contributed by atoms with Gasteiger partial charge in [0.2, 0.25) is 0 Å². The van der Waals surface area contributed by atoms with Gasteiger partial charge in [0, 0.05) is 17.8 Å². The van der Waals surface area contributed by atoms with Crippen molar-refractivity contribution in [3.63, 3.8) is 0 Å². The molecular weight excluding hydrogens is 216 g/mol. The predicted octanol–water partition coefficient (Wildman–Crippen LogP) is 1.54. The van der Waals surface area contributed by atoms with Gasteiger partial charge in [0.05, 0.1) is 0 Å². The third-order valence-electron chi connectivity index (χ3n) is 2.86. The standard InChI is InChI=1S/C13H18N2O2/c1-8-5-9(2)12(6-11(8)14)17-7-13(16)15-10-3-4-10/h5-6,10H,3-4,7,14H2,1-2H3,(H,15,16). The third-order valence-corrected chi connectivity index (χ3v) is 2.86. The summed E-state index contributed by atoms with van der Waals surface area (Å²) in [5.74, 6) is 0.616. The Kier molecular flexibility index (Phi) is 3.22. The number of carbonyl (C=O) groups excluding carboxylic acids is 1. The van der Waals surface area contributed by atoms with Crippen LogP contribution >= 0.6 is 0 Å². The maximum absolute atomic E-state index is 11.5. The summed E-state index contributed by atoms with van der Waals surface area (Å²) in [5.41, 5.74) is 8.52. The number of hydrogen-bond donors (Lipinski definition) is 2. The summed E-state index contributed by atoms with van der Waals surface area (Å²) in [6.07, 6.45) is 2.17. The zero-order valence-corrected chi connectivity index (χ0v) is 10.2. The Morgan fingerprint density at radius 3 is 2.76 bits per heavy atom. The minimum atomic E-state index is -0.0638. The number of rotatable bonds is 4. The Hall–Kier alpha value is -1.71. The van der Waals surface area contributed by atoms with Gasteiger partial charge in [-0.15, -0.1) is 0 Å². The number of nitrogen functional groups attached to an aromatic ring is 1. The Morgan fingerprint density at radius 2 is 2.12 bits per heavy atom. The van der Waals surface area contributed by atoms with E-state index in [0.717, 1.165) is 24.0 Å². The van der Waals surface area contributed by atoms with Crippen molar-refractivity contribution in [3.8, 4) is 5.75 Å². The minimum absolute atomic E-state index is 0.0554. The van der Waals surface area contributed by atoms with Crippen LogP contribution in [0.2, 0.25) is 0 Å². The maximum Gasteiger partial charge on any atom is 0.258 e. The molecule has 1 aromatic rings. The number of aryl methyl sites for hydroxylation is 2. The van der Waals surface area contributed by atoms with Gasteiger partial charge in [0.15, 0.2) is 6.61 Å². The number of carbonyl (C=O) groups is 1. The molecule has 0 heterocycles. The van der Waals surface area contributed by atoms with Gasteiger partial charge in [-0.25, -0.2) is 0 Å². The first-order chi connectivity index (χ1) is 8.06. The van der Waals surface area contributed by atoms with E-state index in [4.69, 9.17) is 10.5 Å². The normalized spacial score (nSPS) is 14.5. The highest BCUT2D eigenvalue weighted by atomic mass is 16.5. The van der Waals surface area contributed by atoms with Crippen molar-refractivity contribution in [2.24, 2.45) is 0 Å². The lowest BCUT2D eigenvalue weighted by Gasteiger charge is -2.11. The quantitative estimate of drug-likeness (QED) is 0.777. The number of hydrogen-bond acceptors (Lipinski definition) is 3. The smallest absolute Gasteiger partial charge is 0.258 e. The molecule has 0 spiro atoms. The van der Waals surface area contributed by atoms with Crippen molar-refractivity contribution in [1.82, 2.24) is 5.32 Å². The first-order valence-corrected chi connectivity index (χ1v) is 5.85. The number of amides is 1. The molecule has 0 radical (unpaired) electrons. The van der Waals surface area contributed by atoms with Crippen LogP contribution in [0.3, 0.4) is 0 Å². The monoisotopic (exact) mass is 234 g/mol. The highest BCUT2D eigenvalue weighted by Crippen LogP contribution is 2.24. The zero-order valence-electron chi connectivity index (χ0n) is 10.2. The Labute approximate surface area is 101 Å². The van der Waals surface area contributed by atoms with E-state index in [1.807, 2.05) is 19.9 Å². The fourth-order valence-electron chi connectivity index (χ4n) is 1.64. The average Bonchev–Trinajstić information content (AvgIpc) is 3.05. The number of nitrogens with one attached hydrogen (secondary N) is 1. The van der Waals surface area contributed by atoms with Gasteiger partial charge in [-0.3, -0.25) is 4.79 Å². The predicted molar refractivity (Wildman–Crippen MR) is 67.0 cm³/mol.